The average molecular weight is 475 g/mol. The van der Waals surface area contributed by atoms with Gasteiger partial charge in [-0.25, -0.2) is 8.42 Å². The van der Waals surface area contributed by atoms with Crippen LogP contribution in [0.5, 0.6) is 5.75 Å². The molecule has 1 fully saturated rings. The molecule has 2 aromatic rings. The van der Waals surface area contributed by atoms with Crippen molar-refractivity contribution >= 4 is 33.2 Å². The lowest BCUT2D eigenvalue weighted by atomic mass is 10.2. The fourth-order valence-corrected chi connectivity index (χ4v) is 4.72. The first-order chi connectivity index (χ1) is 15.6. The Balaban J connectivity index is 1.49. The van der Waals surface area contributed by atoms with E-state index in [1.807, 2.05) is 25.1 Å². The van der Waals surface area contributed by atoms with Gasteiger partial charge in [-0.1, -0.05) is 12.1 Å². The Hall–Kier alpha value is -3.11. The predicted molar refractivity (Wildman–Crippen MR) is 128 cm³/mol. The third kappa shape index (κ3) is 6.93. The van der Waals surface area contributed by atoms with Crippen molar-refractivity contribution in [2.45, 2.75) is 6.92 Å². The van der Waals surface area contributed by atoms with Crippen LogP contribution in [0.3, 0.4) is 0 Å². The standard InChI is InChI=1S/C23H30N4O5S/c1-18-5-4-6-20(15-18)26-11-13-27(14-12-26)33(30,31)17-22(28)24-19-7-9-21(10-8-19)32-16-23(29)25(2)3/h4-10,15H,11-14,16-17H2,1-3H3,(H,24,28). The zero-order chi connectivity index (χ0) is 24.0. The van der Waals surface area contributed by atoms with E-state index in [0.717, 1.165) is 11.3 Å². The number of likely N-dealkylation sites (N-methyl/N-ethyl adjacent to an activating group) is 1. The Bertz CT molecular complexity index is 1080. The highest BCUT2D eigenvalue weighted by Crippen LogP contribution is 2.20. The lowest BCUT2D eigenvalue weighted by Gasteiger charge is -2.35. The summed E-state index contributed by atoms with van der Waals surface area (Å²) in [7, 11) is -0.441. The lowest BCUT2D eigenvalue weighted by Crippen LogP contribution is -2.50. The van der Waals surface area contributed by atoms with E-state index in [1.165, 1.54) is 9.21 Å². The van der Waals surface area contributed by atoms with Crippen LogP contribution in [0.25, 0.3) is 0 Å². The van der Waals surface area contributed by atoms with Gasteiger partial charge in [0.25, 0.3) is 5.91 Å². The number of sulfonamides is 1. The molecule has 2 amide bonds. The van der Waals surface area contributed by atoms with Crippen molar-refractivity contribution in [2.75, 3.05) is 62.9 Å². The molecule has 1 aliphatic rings. The summed E-state index contributed by atoms with van der Waals surface area (Å²) in [6, 6.07) is 14.5. The molecule has 0 radical (unpaired) electrons. The highest BCUT2D eigenvalue weighted by molar-refractivity contribution is 7.89. The van der Waals surface area contributed by atoms with Crippen LogP contribution in [0.2, 0.25) is 0 Å². The Morgan fingerprint density at radius 2 is 1.70 bits per heavy atom. The molecule has 10 heteroatoms. The largest absolute Gasteiger partial charge is 0.484 e. The number of nitrogens with zero attached hydrogens (tertiary/aromatic N) is 3. The molecule has 1 saturated heterocycles. The number of ether oxygens (including phenoxy) is 1. The van der Waals surface area contributed by atoms with Gasteiger partial charge in [-0.15, -0.1) is 0 Å². The van der Waals surface area contributed by atoms with Crippen LogP contribution in [-0.2, 0) is 19.6 Å². The summed E-state index contributed by atoms with van der Waals surface area (Å²) >= 11 is 0. The van der Waals surface area contributed by atoms with Crippen LogP contribution in [-0.4, -0.2) is 82.1 Å². The Kier molecular flexibility index (Phi) is 7.93. The smallest absolute Gasteiger partial charge is 0.259 e. The maximum absolute atomic E-state index is 12.7. The molecule has 0 bridgehead atoms. The van der Waals surface area contributed by atoms with E-state index in [1.54, 1.807) is 38.4 Å². The van der Waals surface area contributed by atoms with Gasteiger partial charge < -0.3 is 19.9 Å². The zero-order valence-electron chi connectivity index (χ0n) is 19.2. The molecule has 2 aromatic carbocycles. The number of benzene rings is 2. The van der Waals surface area contributed by atoms with Gasteiger partial charge in [-0.3, -0.25) is 9.59 Å². The first-order valence-corrected chi connectivity index (χ1v) is 12.3. The number of nitrogens with one attached hydrogen (secondary N) is 1. The molecule has 0 saturated carbocycles. The number of aryl methyl sites for hydroxylation is 1. The molecule has 0 aromatic heterocycles. The summed E-state index contributed by atoms with van der Waals surface area (Å²) in [6.07, 6.45) is 0. The lowest BCUT2D eigenvalue weighted by molar-refractivity contribution is -0.130. The van der Waals surface area contributed by atoms with Gasteiger partial charge >= 0.3 is 0 Å². The minimum Gasteiger partial charge on any atom is -0.484 e. The maximum Gasteiger partial charge on any atom is 0.259 e. The van der Waals surface area contributed by atoms with Gasteiger partial charge in [-0.2, -0.15) is 4.31 Å². The highest BCUT2D eigenvalue weighted by atomic mass is 32.2. The molecule has 9 nitrogen and oxygen atoms in total. The number of carbonyl (C=O) groups excluding carboxylic acids is 2. The molecular formula is C23H30N4O5S. The Labute approximate surface area is 195 Å². The van der Waals surface area contributed by atoms with Crippen LogP contribution in [0, 0.1) is 6.92 Å². The van der Waals surface area contributed by atoms with Crippen LogP contribution in [0.4, 0.5) is 11.4 Å². The van der Waals surface area contributed by atoms with Crippen LogP contribution >= 0.6 is 0 Å². The second kappa shape index (κ2) is 10.7. The van der Waals surface area contributed by atoms with E-state index in [4.69, 9.17) is 4.74 Å². The van der Waals surface area contributed by atoms with Crippen molar-refractivity contribution in [1.82, 2.24) is 9.21 Å². The fourth-order valence-electron chi connectivity index (χ4n) is 3.41. The number of piperazine rings is 1. The summed E-state index contributed by atoms with van der Waals surface area (Å²) in [5.74, 6) is -0.917. The van der Waals surface area contributed by atoms with E-state index in [9.17, 15) is 18.0 Å². The highest BCUT2D eigenvalue weighted by Gasteiger charge is 2.29. The molecule has 1 N–H and O–H groups in total. The van der Waals surface area contributed by atoms with E-state index >= 15 is 0 Å². The van der Waals surface area contributed by atoms with Crippen molar-refractivity contribution in [3.05, 3.63) is 54.1 Å². The van der Waals surface area contributed by atoms with Gasteiger partial charge in [0.1, 0.15) is 11.5 Å². The molecule has 0 aliphatic carbocycles. The summed E-state index contributed by atoms with van der Waals surface area (Å²) in [5, 5.41) is 2.60. The van der Waals surface area contributed by atoms with Crippen molar-refractivity contribution in [3.8, 4) is 5.75 Å². The number of hydrogen-bond acceptors (Lipinski definition) is 6. The van der Waals surface area contributed by atoms with E-state index in [2.05, 4.69) is 16.3 Å². The van der Waals surface area contributed by atoms with Crippen LogP contribution in [0.15, 0.2) is 48.5 Å². The molecule has 1 heterocycles. The van der Waals surface area contributed by atoms with Gasteiger partial charge in [0.15, 0.2) is 6.61 Å². The number of amides is 2. The summed E-state index contributed by atoms with van der Waals surface area (Å²) in [4.78, 5) is 27.5. The average Bonchev–Trinajstić information content (AvgIpc) is 2.78. The van der Waals surface area contributed by atoms with Crippen molar-refractivity contribution in [2.24, 2.45) is 0 Å². The first kappa shape index (κ1) is 24.5. The monoisotopic (exact) mass is 474 g/mol. The zero-order valence-corrected chi connectivity index (χ0v) is 20.0. The molecule has 3 rings (SSSR count). The van der Waals surface area contributed by atoms with Gasteiger partial charge in [0.05, 0.1) is 0 Å². The molecule has 1 aliphatic heterocycles. The van der Waals surface area contributed by atoms with Crippen molar-refractivity contribution < 1.29 is 22.7 Å². The number of carbonyl (C=O) groups is 2. The molecule has 33 heavy (non-hydrogen) atoms. The molecule has 0 unspecified atom stereocenters. The molecular weight excluding hydrogens is 444 g/mol. The Morgan fingerprint density at radius 1 is 1.03 bits per heavy atom. The topological polar surface area (TPSA) is 99.3 Å². The number of rotatable bonds is 8. The predicted octanol–water partition coefficient (Wildman–Crippen LogP) is 1.55. The van der Waals surface area contributed by atoms with Gasteiger partial charge in [0.2, 0.25) is 15.9 Å². The minimum absolute atomic E-state index is 0.0892. The second-order valence-corrected chi connectivity index (χ2v) is 10.1. The Morgan fingerprint density at radius 3 is 2.30 bits per heavy atom. The second-order valence-electron chi connectivity index (χ2n) is 8.13. The van der Waals surface area contributed by atoms with E-state index in [0.29, 0.717) is 37.6 Å². The third-order valence-corrected chi connectivity index (χ3v) is 7.09. The quantitative estimate of drug-likeness (QED) is 0.623. The minimum atomic E-state index is -3.72. The third-order valence-electron chi connectivity index (χ3n) is 5.31. The van der Waals surface area contributed by atoms with Gasteiger partial charge in [0, 0.05) is 51.6 Å². The molecule has 178 valence electrons. The molecule has 0 atom stereocenters. The maximum atomic E-state index is 12.7. The number of hydrogen-bond donors (Lipinski definition) is 1. The molecule has 0 spiro atoms. The van der Waals surface area contributed by atoms with Crippen LogP contribution < -0.4 is 15.0 Å². The fraction of sp³-hybridized carbons (Fsp3) is 0.391. The van der Waals surface area contributed by atoms with Crippen LogP contribution in [0.1, 0.15) is 5.56 Å². The normalized spacial score (nSPS) is 14.6. The van der Waals surface area contributed by atoms with Crippen molar-refractivity contribution in [1.29, 1.82) is 0 Å². The SMILES string of the molecule is Cc1cccc(N2CCN(S(=O)(=O)CC(=O)Nc3ccc(OCC(=O)N(C)C)cc3)CC2)c1. The van der Waals surface area contributed by atoms with E-state index < -0.39 is 21.7 Å². The van der Waals surface area contributed by atoms with E-state index in [-0.39, 0.29) is 12.5 Å². The first-order valence-electron chi connectivity index (χ1n) is 10.7. The van der Waals surface area contributed by atoms with Crippen molar-refractivity contribution in [3.63, 3.8) is 0 Å². The summed E-state index contributed by atoms with van der Waals surface area (Å²) < 4.78 is 32.2. The summed E-state index contributed by atoms with van der Waals surface area (Å²) in [6.45, 7) is 3.75. The summed E-state index contributed by atoms with van der Waals surface area (Å²) in [5.41, 5.74) is 2.68. The van der Waals surface area contributed by atoms with Gasteiger partial charge in [-0.05, 0) is 48.9 Å². The number of anilines is 2.